The molecule has 18 atom stereocenters. The Morgan fingerprint density at radius 3 is 2.28 bits per heavy atom. The Morgan fingerprint density at radius 2 is 1.60 bits per heavy atom. The van der Waals surface area contributed by atoms with E-state index in [1.807, 2.05) is 6.92 Å². The molecule has 3 heterocycles. The van der Waals surface area contributed by atoms with Crippen molar-refractivity contribution in [1.82, 2.24) is 0 Å². The standard InChI is InChI=1S/C37H56O10/c1-17(2)28-21-13-18(3)29-34(8)25(44-19(4)38)14-36-16-35(36)12-11-24(45-30-27(41)26(40)20(39)15-43-30)32(5,6)22(35)9-10-23(36)33(34,7)31(42)37(29,46-21)47-28/h18,20-31,39-42H,1,9-16H2,2-8H3/t18-,20-,21-,22+,23+,24+,25-,26+,27-,28+,29-,30+,31-,33-,34-,35-,36+,37?/m1/s1. The van der Waals surface area contributed by atoms with Crippen molar-refractivity contribution < 1.29 is 48.9 Å². The molecule has 0 amide bonds. The summed E-state index contributed by atoms with van der Waals surface area (Å²) in [4.78, 5) is 12.9. The molecular weight excluding hydrogens is 604 g/mol. The second kappa shape index (κ2) is 10.0. The first-order valence-electron chi connectivity index (χ1n) is 18.1. The second-order valence-corrected chi connectivity index (χ2v) is 18.1. The van der Waals surface area contributed by atoms with Gasteiger partial charge in [-0.1, -0.05) is 41.2 Å². The van der Waals surface area contributed by atoms with Crippen LogP contribution < -0.4 is 0 Å². The second-order valence-electron chi connectivity index (χ2n) is 18.1. The van der Waals surface area contributed by atoms with E-state index >= 15 is 0 Å². The molecule has 8 aliphatic rings. The van der Waals surface area contributed by atoms with Crippen LogP contribution in [0.1, 0.15) is 93.4 Å². The van der Waals surface area contributed by atoms with Gasteiger partial charge in [-0.25, -0.2) is 0 Å². The van der Waals surface area contributed by atoms with Gasteiger partial charge in [0.15, 0.2) is 12.1 Å². The molecule has 3 aliphatic heterocycles. The van der Waals surface area contributed by atoms with Gasteiger partial charge < -0.3 is 44.1 Å². The summed E-state index contributed by atoms with van der Waals surface area (Å²) < 4.78 is 32.3. The number of aliphatic hydroxyl groups is 4. The topological polar surface area (TPSA) is 144 Å². The van der Waals surface area contributed by atoms with Gasteiger partial charge in [0.2, 0.25) is 0 Å². The fourth-order valence-electron chi connectivity index (χ4n) is 14.1. The van der Waals surface area contributed by atoms with Crippen molar-refractivity contribution in [3.8, 4) is 0 Å². The normalized spacial score (nSPS) is 59.9. The first-order valence-corrected chi connectivity index (χ1v) is 18.1. The maximum atomic E-state index is 12.9. The summed E-state index contributed by atoms with van der Waals surface area (Å²) in [6.07, 6.45) is -0.572. The van der Waals surface area contributed by atoms with Gasteiger partial charge in [-0.2, -0.15) is 0 Å². The van der Waals surface area contributed by atoms with Gasteiger partial charge in [-0.3, -0.25) is 4.79 Å². The minimum atomic E-state index is -1.33. The highest BCUT2D eigenvalue weighted by Gasteiger charge is 2.90. The molecule has 0 aromatic rings. The van der Waals surface area contributed by atoms with Crippen molar-refractivity contribution in [3.05, 3.63) is 12.2 Å². The summed E-state index contributed by atoms with van der Waals surface area (Å²) in [5.74, 6) is -0.937. The molecule has 8 fully saturated rings. The lowest BCUT2D eigenvalue weighted by Crippen LogP contribution is -2.65. The number of fused-ring (bicyclic) bond motifs is 4. The lowest BCUT2D eigenvalue weighted by atomic mass is 9.40. The fourth-order valence-corrected chi connectivity index (χ4v) is 14.1. The van der Waals surface area contributed by atoms with Crippen LogP contribution in [-0.2, 0) is 28.5 Å². The molecule has 0 radical (unpaired) electrons. The van der Waals surface area contributed by atoms with Crippen LogP contribution in [0.25, 0.3) is 0 Å². The van der Waals surface area contributed by atoms with Crippen molar-refractivity contribution in [2.24, 2.45) is 50.7 Å². The van der Waals surface area contributed by atoms with E-state index in [1.54, 1.807) is 0 Å². The molecule has 1 unspecified atom stereocenters. The number of esters is 1. The van der Waals surface area contributed by atoms with Gasteiger partial charge in [0, 0.05) is 23.7 Å². The summed E-state index contributed by atoms with van der Waals surface area (Å²) in [5.41, 5.74) is -0.690. The summed E-state index contributed by atoms with van der Waals surface area (Å²) in [6, 6.07) is 0. The van der Waals surface area contributed by atoms with Crippen LogP contribution in [0.5, 0.6) is 0 Å². The number of rotatable bonds is 4. The molecule has 5 saturated carbocycles. The average molecular weight is 661 g/mol. The van der Waals surface area contributed by atoms with Gasteiger partial charge in [0.25, 0.3) is 0 Å². The van der Waals surface area contributed by atoms with E-state index in [1.165, 1.54) is 6.92 Å². The highest BCUT2D eigenvalue weighted by Crippen LogP contribution is 2.90. The average Bonchev–Trinajstić information content (AvgIpc) is 3.49. The third-order valence-corrected chi connectivity index (χ3v) is 16.0. The van der Waals surface area contributed by atoms with Gasteiger partial charge in [0.05, 0.1) is 18.8 Å². The SMILES string of the molecule is C=C(C)[C@@H]1OC23O[C@@H]1C[C@@H](C)[C@@H]2[C@@]1(C)[C@H](OC(C)=O)C[C@@]24C[C@@]25CC[C@H](O[C@@H]2OC[C@@H](O)[C@H](O)[C@H]2O)C(C)(C)[C@@H]5CC[C@H]4[C@]1(C)[C@H]3O. The Bertz CT molecular complexity index is 1350. The molecule has 10 heteroatoms. The smallest absolute Gasteiger partial charge is 0.302 e. The van der Waals surface area contributed by atoms with Crippen LogP contribution in [0.2, 0.25) is 0 Å². The van der Waals surface area contributed by atoms with Gasteiger partial charge >= 0.3 is 5.97 Å². The van der Waals surface area contributed by atoms with Crippen LogP contribution in [0.4, 0.5) is 0 Å². The highest BCUT2D eigenvalue weighted by atomic mass is 16.8. The number of hydrogen-bond donors (Lipinski definition) is 4. The maximum Gasteiger partial charge on any atom is 0.302 e. The molecule has 3 saturated heterocycles. The zero-order chi connectivity index (χ0) is 33.9. The minimum absolute atomic E-state index is 0.000687. The molecule has 0 aromatic heterocycles. The van der Waals surface area contributed by atoms with Crippen LogP contribution in [0.15, 0.2) is 12.2 Å². The molecule has 5 aliphatic carbocycles. The highest BCUT2D eigenvalue weighted by molar-refractivity contribution is 5.66. The molecule has 2 bridgehead atoms. The van der Waals surface area contributed by atoms with Gasteiger partial charge in [-0.15, -0.1) is 0 Å². The largest absolute Gasteiger partial charge is 0.462 e. The Hall–Kier alpha value is -1.11. The summed E-state index contributed by atoms with van der Waals surface area (Å²) >= 11 is 0. The third kappa shape index (κ3) is 3.78. The maximum absolute atomic E-state index is 12.9. The molecule has 10 nitrogen and oxygen atoms in total. The number of hydrogen-bond acceptors (Lipinski definition) is 10. The molecule has 3 spiro atoms. The van der Waals surface area contributed by atoms with E-state index in [9.17, 15) is 25.2 Å². The molecule has 47 heavy (non-hydrogen) atoms. The molecule has 264 valence electrons. The molecule has 4 N–H and O–H groups in total. The van der Waals surface area contributed by atoms with Crippen LogP contribution >= 0.6 is 0 Å². The number of aliphatic hydroxyl groups excluding tert-OH is 4. The molecule has 0 aromatic carbocycles. The van der Waals surface area contributed by atoms with Crippen molar-refractivity contribution >= 4 is 5.97 Å². The first kappa shape index (κ1) is 33.1. The van der Waals surface area contributed by atoms with E-state index in [-0.39, 0.29) is 64.9 Å². The van der Waals surface area contributed by atoms with E-state index in [0.29, 0.717) is 5.92 Å². The molecule has 8 rings (SSSR count). The lowest BCUT2D eigenvalue weighted by Gasteiger charge is -2.65. The Morgan fingerprint density at radius 1 is 0.894 bits per heavy atom. The monoisotopic (exact) mass is 660 g/mol. The summed E-state index contributed by atoms with van der Waals surface area (Å²) in [5, 5.41) is 43.8. The zero-order valence-electron chi connectivity index (χ0n) is 29.1. The Kier molecular flexibility index (Phi) is 7.05. The van der Waals surface area contributed by atoms with E-state index in [0.717, 1.165) is 50.5 Å². The molecular formula is C37H56O10. The summed E-state index contributed by atoms with van der Waals surface area (Å²) in [6.45, 7) is 18.9. The van der Waals surface area contributed by atoms with Gasteiger partial charge in [0.1, 0.15) is 36.6 Å². The Balaban J connectivity index is 1.16. The van der Waals surface area contributed by atoms with Gasteiger partial charge in [-0.05, 0) is 91.4 Å². The van der Waals surface area contributed by atoms with Crippen molar-refractivity contribution in [1.29, 1.82) is 0 Å². The van der Waals surface area contributed by atoms with Crippen molar-refractivity contribution in [2.75, 3.05) is 6.61 Å². The Labute approximate surface area is 278 Å². The lowest BCUT2D eigenvalue weighted by molar-refractivity contribution is -0.304. The van der Waals surface area contributed by atoms with Crippen LogP contribution in [-0.4, -0.2) is 93.9 Å². The van der Waals surface area contributed by atoms with E-state index < -0.39 is 53.4 Å². The predicted octanol–water partition coefficient (Wildman–Crippen LogP) is 3.47. The van der Waals surface area contributed by atoms with E-state index in [4.69, 9.17) is 23.7 Å². The predicted molar refractivity (Wildman–Crippen MR) is 168 cm³/mol. The minimum Gasteiger partial charge on any atom is -0.462 e. The first-order chi connectivity index (χ1) is 21.9. The number of carbonyl (C=O) groups excluding carboxylic acids is 1. The van der Waals surface area contributed by atoms with Crippen LogP contribution in [0.3, 0.4) is 0 Å². The third-order valence-electron chi connectivity index (χ3n) is 16.0. The summed E-state index contributed by atoms with van der Waals surface area (Å²) in [7, 11) is 0. The fraction of sp³-hybridized carbons (Fsp3) is 0.919. The van der Waals surface area contributed by atoms with Crippen LogP contribution in [0, 0.1) is 50.7 Å². The number of ether oxygens (including phenoxy) is 5. The van der Waals surface area contributed by atoms with E-state index in [2.05, 4.69) is 41.2 Å². The zero-order valence-corrected chi connectivity index (χ0v) is 29.1. The van der Waals surface area contributed by atoms with Crippen molar-refractivity contribution in [3.63, 3.8) is 0 Å². The number of carbonyl (C=O) groups is 1. The quantitative estimate of drug-likeness (QED) is 0.201. The van der Waals surface area contributed by atoms with Crippen molar-refractivity contribution in [2.45, 2.75) is 154 Å².